The van der Waals surface area contributed by atoms with Crippen molar-refractivity contribution in [3.05, 3.63) is 0 Å². The second-order valence-corrected chi connectivity index (χ2v) is 4.70. The number of hydrogen-bond donors (Lipinski definition) is 0. The van der Waals surface area contributed by atoms with Gasteiger partial charge in [0.1, 0.15) is 5.78 Å². The number of carbonyl (C=O) groups is 1. The van der Waals surface area contributed by atoms with Crippen LogP contribution in [0.3, 0.4) is 0 Å². The highest BCUT2D eigenvalue weighted by Crippen LogP contribution is 2.32. The molecule has 2 rings (SSSR count). The number of ether oxygens (including phenoxy) is 1. The summed E-state index contributed by atoms with van der Waals surface area (Å²) >= 11 is 0. The Bertz CT molecular complexity index is 230. The van der Waals surface area contributed by atoms with Crippen molar-refractivity contribution in [2.75, 3.05) is 26.8 Å². The van der Waals surface area contributed by atoms with Gasteiger partial charge in [0.05, 0.1) is 6.61 Å². The van der Waals surface area contributed by atoms with Crippen molar-refractivity contribution in [1.82, 2.24) is 4.90 Å². The standard InChI is InChI=1S/C12H21NO2/c1-15-9-8-13-7-6-12(14)10-4-2-3-5-11(10)13/h10-11H,2-9H2,1H3/t10-,11+/m0/s1. The van der Waals surface area contributed by atoms with Gasteiger partial charge in [0.15, 0.2) is 0 Å². The number of likely N-dealkylation sites (tertiary alicyclic amines) is 1. The summed E-state index contributed by atoms with van der Waals surface area (Å²) in [5, 5.41) is 0. The number of piperidine rings is 1. The van der Waals surface area contributed by atoms with Crippen molar-refractivity contribution >= 4 is 5.78 Å². The largest absolute Gasteiger partial charge is 0.383 e. The maximum absolute atomic E-state index is 11.8. The number of fused-ring (bicyclic) bond motifs is 1. The van der Waals surface area contributed by atoms with E-state index in [1.54, 1.807) is 7.11 Å². The third-order valence-corrected chi connectivity index (χ3v) is 3.84. The molecule has 0 N–H and O–H groups in total. The predicted octanol–water partition coefficient (Wildman–Crippen LogP) is 1.47. The molecule has 3 nitrogen and oxygen atoms in total. The van der Waals surface area contributed by atoms with Crippen LogP contribution in [0.15, 0.2) is 0 Å². The van der Waals surface area contributed by atoms with Crippen LogP contribution >= 0.6 is 0 Å². The lowest BCUT2D eigenvalue weighted by atomic mass is 9.77. The van der Waals surface area contributed by atoms with E-state index in [-0.39, 0.29) is 0 Å². The summed E-state index contributed by atoms with van der Waals surface area (Å²) < 4.78 is 5.12. The fraction of sp³-hybridized carbons (Fsp3) is 0.917. The van der Waals surface area contributed by atoms with Gasteiger partial charge < -0.3 is 4.74 Å². The Kier molecular flexibility index (Phi) is 3.76. The summed E-state index contributed by atoms with van der Waals surface area (Å²) in [4.78, 5) is 14.3. The Balaban J connectivity index is 1.97. The molecule has 15 heavy (non-hydrogen) atoms. The summed E-state index contributed by atoms with van der Waals surface area (Å²) in [6.07, 6.45) is 5.61. The maximum atomic E-state index is 11.8. The number of methoxy groups -OCH3 is 1. The molecule has 3 heteroatoms. The third-order valence-electron chi connectivity index (χ3n) is 3.84. The zero-order chi connectivity index (χ0) is 10.7. The Morgan fingerprint density at radius 1 is 1.40 bits per heavy atom. The fourth-order valence-corrected chi connectivity index (χ4v) is 3.02. The average Bonchev–Trinajstić information content (AvgIpc) is 2.29. The second kappa shape index (κ2) is 5.08. The van der Waals surface area contributed by atoms with Gasteiger partial charge in [0.25, 0.3) is 0 Å². The van der Waals surface area contributed by atoms with E-state index in [2.05, 4.69) is 4.90 Å². The first-order valence-electron chi connectivity index (χ1n) is 6.08. The summed E-state index contributed by atoms with van der Waals surface area (Å²) in [6, 6.07) is 0.523. The topological polar surface area (TPSA) is 29.5 Å². The average molecular weight is 211 g/mol. The van der Waals surface area contributed by atoms with Gasteiger partial charge in [-0.25, -0.2) is 0 Å². The lowest BCUT2D eigenvalue weighted by Gasteiger charge is -2.43. The Labute approximate surface area is 91.8 Å². The minimum Gasteiger partial charge on any atom is -0.383 e. The highest BCUT2D eigenvalue weighted by atomic mass is 16.5. The maximum Gasteiger partial charge on any atom is 0.138 e. The van der Waals surface area contributed by atoms with Crippen LogP contribution in [0.5, 0.6) is 0 Å². The smallest absolute Gasteiger partial charge is 0.138 e. The summed E-state index contributed by atoms with van der Waals surface area (Å²) in [5.74, 6) is 0.845. The molecule has 86 valence electrons. The number of Topliss-reactive ketones (excluding diaryl/α,β-unsaturated/α-hetero) is 1. The molecule has 1 aliphatic carbocycles. The first-order chi connectivity index (χ1) is 7.33. The van der Waals surface area contributed by atoms with Gasteiger partial charge in [0.2, 0.25) is 0 Å². The number of hydrogen-bond acceptors (Lipinski definition) is 3. The molecule has 2 aliphatic rings. The Morgan fingerprint density at radius 2 is 2.20 bits per heavy atom. The van der Waals surface area contributed by atoms with Gasteiger partial charge in [-0.15, -0.1) is 0 Å². The van der Waals surface area contributed by atoms with E-state index in [1.165, 1.54) is 19.3 Å². The van der Waals surface area contributed by atoms with Crippen molar-refractivity contribution < 1.29 is 9.53 Å². The SMILES string of the molecule is COCCN1CCC(=O)[C@H]2CCCC[C@H]21. The highest BCUT2D eigenvalue weighted by molar-refractivity contribution is 5.82. The van der Waals surface area contributed by atoms with Crippen LogP contribution in [0.2, 0.25) is 0 Å². The van der Waals surface area contributed by atoms with Crippen LogP contribution < -0.4 is 0 Å². The zero-order valence-electron chi connectivity index (χ0n) is 9.58. The molecule has 2 atom stereocenters. The van der Waals surface area contributed by atoms with Gasteiger partial charge in [-0.2, -0.15) is 0 Å². The molecular formula is C12H21NO2. The molecule has 1 saturated heterocycles. The molecule has 0 spiro atoms. The molecule has 1 aliphatic heterocycles. The van der Waals surface area contributed by atoms with Crippen LogP contribution in [-0.2, 0) is 9.53 Å². The van der Waals surface area contributed by atoms with Gasteiger partial charge in [-0.1, -0.05) is 12.8 Å². The van der Waals surface area contributed by atoms with Crippen molar-refractivity contribution in [3.63, 3.8) is 0 Å². The van der Waals surface area contributed by atoms with Gasteiger partial charge in [0, 0.05) is 38.6 Å². The van der Waals surface area contributed by atoms with Crippen LogP contribution in [0.1, 0.15) is 32.1 Å². The van der Waals surface area contributed by atoms with Crippen LogP contribution in [0.4, 0.5) is 0 Å². The molecule has 0 unspecified atom stereocenters. The minimum absolute atomic E-state index is 0.337. The molecular weight excluding hydrogens is 190 g/mol. The molecule has 0 radical (unpaired) electrons. The van der Waals surface area contributed by atoms with E-state index in [1.807, 2.05) is 0 Å². The van der Waals surface area contributed by atoms with Crippen LogP contribution in [0.25, 0.3) is 0 Å². The summed E-state index contributed by atoms with van der Waals surface area (Å²) in [7, 11) is 1.74. The van der Waals surface area contributed by atoms with Crippen molar-refractivity contribution in [3.8, 4) is 0 Å². The van der Waals surface area contributed by atoms with E-state index in [4.69, 9.17) is 4.74 Å². The minimum atomic E-state index is 0.337. The van der Waals surface area contributed by atoms with E-state index in [0.717, 1.165) is 32.5 Å². The molecule has 0 aromatic carbocycles. The van der Waals surface area contributed by atoms with Crippen molar-refractivity contribution in [1.29, 1.82) is 0 Å². The predicted molar refractivity (Wildman–Crippen MR) is 58.8 cm³/mol. The molecule has 0 aromatic heterocycles. The normalized spacial score (nSPS) is 32.7. The number of ketones is 1. The molecule has 0 bridgehead atoms. The van der Waals surface area contributed by atoms with Crippen LogP contribution in [0, 0.1) is 5.92 Å². The zero-order valence-corrected chi connectivity index (χ0v) is 9.58. The highest BCUT2D eigenvalue weighted by Gasteiger charge is 2.37. The van der Waals surface area contributed by atoms with Crippen molar-refractivity contribution in [2.24, 2.45) is 5.92 Å². The first-order valence-corrected chi connectivity index (χ1v) is 6.08. The van der Waals surface area contributed by atoms with E-state index >= 15 is 0 Å². The van der Waals surface area contributed by atoms with Gasteiger partial charge >= 0.3 is 0 Å². The lowest BCUT2D eigenvalue weighted by molar-refractivity contribution is -0.131. The summed E-state index contributed by atoms with van der Waals surface area (Å²) in [6.45, 7) is 2.73. The molecule has 1 heterocycles. The number of nitrogens with zero attached hydrogens (tertiary/aromatic N) is 1. The molecule has 0 aromatic rings. The van der Waals surface area contributed by atoms with E-state index in [9.17, 15) is 4.79 Å². The number of carbonyl (C=O) groups excluding carboxylic acids is 1. The molecule has 1 saturated carbocycles. The molecule has 0 amide bonds. The fourth-order valence-electron chi connectivity index (χ4n) is 3.02. The lowest BCUT2D eigenvalue weighted by Crippen LogP contribution is -2.51. The van der Waals surface area contributed by atoms with E-state index in [0.29, 0.717) is 17.7 Å². The van der Waals surface area contributed by atoms with Crippen LogP contribution in [-0.4, -0.2) is 43.5 Å². The monoisotopic (exact) mass is 211 g/mol. The van der Waals surface area contributed by atoms with Crippen molar-refractivity contribution in [2.45, 2.75) is 38.1 Å². The summed E-state index contributed by atoms with van der Waals surface area (Å²) in [5.41, 5.74) is 0. The van der Waals surface area contributed by atoms with Gasteiger partial charge in [-0.05, 0) is 12.8 Å². The quantitative estimate of drug-likeness (QED) is 0.708. The number of rotatable bonds is 3. The second-order valence-electron chi connectivity index (χ2n) is 4.70. The van der Waals surface area contributed by atoms with Gasteiger partial charge in [-0.3, -0.25) is 9.69 Å². The first kappa shape index (κ1) is 11.1. The van der Waals surface area contributed by atoms with E-state index < -0.39 is 0 Å². The Morgan fingerprint density at radius 3 is 3.00 bits per heavy atom. The Hall–Kier alpha value is -0.410. The third kappa shape index (κ3) is 2.40. The molecule has 2 fully saturated rings.